The predicted molar refractivity (Wildman–Crippen MR) is 82.8 cm³/mol. The molecule has 110 valence electrons. The van der Waals surface area contributed by atoms with Crippen molar-refractivity contribution in [3.8, 4) is 0 Å². The molecule has 1 saturated heterocycles. The van der Waals surface area contributed by atoms with Crippen LogP contribution in [0.25, 0.3) is 0 Å². The summed E-state index contributed by atoms with van der Waals surface area (Å²) in [6.07, 6.45) is 0. The molecular weight excluding hydrogens is 252 g/mol. The third-order valence-electron chi connectivity index (χ3n) is 3.90. The third-order valence-corrected chi connectivity index (χ3v) is 3.90. The van der Waals surface area contributed by atoms with Crippen LogP contribution in [-0.4, -0.2) is 62.0 Å². The molecule has 0 saturated carbocycles. The molecular formula is C15H24N4O. The number of benzene rings is 1. The molecule has 2 rings (SSSR count). The largest absolute Gasteiger partial charge is 0.399 e. The third kappa shape index (κ3) is 3.22. The van der Waals surface area contributed by atoms with Crippen LogP contribution < -0.4 is 10.6 Å². The lowest BCUT2D eigenvalue weighted by molar-refractivity contribution is -0.133. The summed E-state index contributed by atoms with van der Waals surface area (Å²) >= 11 is 0. The molecule has 2 N–H and O–H groups in total. The van der Waals surface area contributed by atoms with Crippen LogP contribution in [0, 0.1) is 0 Å². The van der Waals surface area contributed by atoms with Gasteiger partial charge in [0.05, 0.1) is 6.04 Å². The van der Waals surface area contributed by atoms with E-state index < -0.39 is 0 Å². The second kappa shape index (κ2) is 6.13. The Labute approximate surface area is 120 Å². The average molecular weight is 276 g/mol. The van der Waals surface area contributed by atoms with E-state index in [1.807, 2.05) is 39.2 Å². The first-order valence-electron chi connectivity index (χ1n) is 7.04. The summed E-state index contributed by atoms with van der Waals surface area (Å²) in [4.78, 5) is 18.2. The van der Waals surface area contributed by atoms with E-state index in [1.165, 1.54) is 0 Å². The van der Waals surface area contributed by atoms with Crippen molar-refractivity contribution in [2.75, 3.05) is 50.9 Å². The number of carbonyl (C=O) groups excluding carboxylic acids is 1. The van der Waals surface area contributed by atoms with E-state index in [9.17, 15) is 4.79 Å². The van der Waals surface area contributed by atoms with E-state index in [4.69, 9.17) is 5.73 Å². The normalized spacial score (nSPS) is 17.9. The first-order chi connectivity index (χ1) is 9.49. The molecule has 1 atom stereocenters. The number of hydrogen-bond donors (Lipinski definition) is 1. The monoisotopic (exact) mass is 276 g/mol. The fourth-order valence-corrected chi connectivity index (χ4v) is 2.62. The Morgan fingerprint density at radius 1 is 1.25 bits per heavy atom. The van der Waals surface area contributed by atoms with Crippen molar-refractivity contribution in [2.24, 2.45) is 0 Å². The number of piperazine rings is 1. The van der Waals surface area contributed by atoms with Crippen molar-refractivity contribution >= 4 is 17.3 Å². The highest BCUT2D eigenvalue weighted by Crippen LogP contribution is 2.19. The zero-order chi connectivity index (χ0) is 14.7. The maximum absolute atomic E-state index is 12.0. The summed E-state index contributed by atoms with van der Waals surface area (Å²) in [7, 11) is 3.61. The minimum absolute atomic E-state index is 0.0482. The molecule has 0 radical (unpaired) electrons. The van der Waals surface area contributed by atoms with E-state index in [2.05, 4.69) is 15.9 Å². The Balaban J connectivity index is 1.94. The summed E-state index contributed by atoms with van der Waals surface area (Å²) in [5.74, 6) is 0.169. The molecule has 0 aromatic heterocycles. The van der Waals surface area contributed by atoms with Crippen molar-refractivity contribution in [3.63, 3.8) is 0 Å². The van der Waals surface area contributed by atoms with E-state index in [1.54, 1.807) is 4.90 Å². The van der Waals surface area contributed by atoms with Gasteiger partial charge in [-0.05, 0) is 25.1 Å². The Hall–Kier alpha value is -1.75. The van der Waals surface area contributed by atoms with Gasteiger partial charge in [0.2, 0.25) is 5.91 Å². The first-order valence-corrected chi connectivity index (χ1v) is 7.04. The lowest BCUT2D eigenvalue weighted by Crippen LogP contribution is -2.53. The summed E-state index contributed by atoms with van der Waals surface area (Å²) in [6, 6.07) is 7.92. The van der Waals surface area contributed by atoms with Gasteiger partial charge in [0.15, 0.2) is 0 Å². The number of carbonyl (C=O) groups is 1. The highest BCUT2D eigenvalue weighted by molar-refractivity contribution is 5.81. The highest BCUT2D eigenvalue weighted by atomic mass is 16.2. The number of nitrogens with zero attached hydrogens (tertiary/aromatic N) is 3. The summed E-state index contributed by atoms with van der Waals surface area (Å²) in [5, 5.41) is 0. The van der Waals surface area contributed by atoms with Crippen LogP contribution in [0.1, 0.15) is 6.92 Å². The van der Waals surface area contributed by atoms with Crippen molar-refractivity contribution < 1.29 is 4.79 Å². The van der Waals surface area contributed by atoms with Gasteiger partial charge in [-0.15, -0.1) is 0 Å². The molecule has 1 heterocycles. The standard InChI is InChI=1S/C15H24N4O/c1-12(15(20)17(2)3)18-7-9-19(10-8-18)14-6-4-5-13(16)11-14/h4-6,11-12H,7-10,16H2,1-3H3. The summed E-state index contributed by atoms with van der Waals surface area (Å²) in [5.41, 5.74) is 7.78. The molecule has 5 heteroatoms. The molecule has 5 nitrogen and oxygen atoms in total. The maximum atomic E-state index is 12.0. The molecule has 1 aliphatic rings. The number of hydrogen-bond acceptors (Lipinski definition) is 4. The molecule has 20 heavy (non-hydrogen) atoms. The molecule has 0 spiro atoms. The number of likely N-dealkylation sites (N-methyl/N-ethyl adjacent to an activating group) is 1. The Morgan fingerprint density at radius 3 is 2.45 bits per heavy atom. The van der Waals surface area contributed by atoms with E-state index in [0.29, 0.717) is 0 Å². The van der Waals surface area contributed by atoms with Crippen LogP contribution in [-0.2, 0) is 4.79 Å². The highest BCUT2D eigenvalue weighted by Gasteiger charge is 2.26. The van der Waals surface area contributed by atoms with E-state index >= 15 is 0 Å². The molecule has 1 fully saturated rings. The van der Waals surface area contributed by atoms with Crippen LogP contribution in [0.3, 0.4) is 0 Å². The Morgan fingerprint density at radius 2 is 1.90 bits per heavy atom. The van der Waals surface area contributed by atoms with Gasteiger partial charge in [-0.25, -0.2) is 0 Å². The Kier molecular flexibility index (Phi) is 4.49. The van der Waals surface area contributed by atoms with Gasteiger partial charge in [-0.3, -0.25) is 9.69 Å². The van der Waals surface area contributed by atoms with Gasteiger partial charge in [-0.2, -0.15) is 0 Å². The number of rotatable bonds is 3. The molecule has 1 aromatic carbocycles. The molecule has 1 amide bonds. The first kappa shape index (κ1) is 14.7. The van der Waals surface area contributed by atoms with Gasteiger partial charge < -0.3 is 15.5 Å². The summed E-state index contributed by atoms with van der Waals surface area (Å²) in [6.45, 7) is 5.63. The molecule has 1 aromatic rings. The van der Waals surface area contributed by atoms with Crippen LogP contribution in [0.4, 0.5) is 11.4 Å². The minimum Gasteiger partial charge on any atom is -0.399 e. The lowest BCUT2D eigenvalue weighted by Gasteiger charge is -2.39. The molecule has 0 bridgehead atoms. The van der Waals surface area contributed by atoms with Crippen LogP contribution in [0.15, 0.2) is 24.3 Å². The zero-order valence-electron chi connectivity index (χ0n) is 12.5. The fraction of sp³-hybridized carbons (Fsp3) is 0.533. The van der Waals surface area contributed by atoms with Crippen molar-refractivity contribution in [3.05, 3.63) is 24.3 Å². The second-order valence-electron chi connectivity index (χ2n) is 5.53. The molecule has 1 aliphatic heterocycles. The second-order valence-corrected chi connectivity index (χ2v) is 5.53. The quantitative estimate of drug-likeness (QED) is 0.832. The minimum atomic E-state index is -0.0482. The number of nitrogens with two attached hydrogens (primary N) is 1. The van der Waals surface area contributed by atoms with Gasteiger partial charge in [0.1, 0.15) is 0 Å². The van der Waals surface area contributed by atoms with Crippen molar-refractivity contribution in [2.45, 2.75) is 13.0 Å². The lowest BCUT2D eigenvalue weighted by atomic mass is 10.2. The van der Waals surface area contributed by atoms with E-state index in [-0.39, 0.29) is 11.9 Å². The predicted octanol–water partition coefficient (Wildman–Crippen LogP) is 0.867. The smallest absolute Gasteiger partial charge is 0.239 e. The van der Waals surface area contributed by atoms with Gasteiger partial charge in [0.25, 0.3) is 0 Å². The van der Waals surface area contributed by atoms with Crippen molar-refractivity contribution in [1.29, 1.82) is 0 Å². The maximum Gasteiger partial charge on any atom is 0.239 e. The molecule has 0 aliphatic carbocycles. The summed E-state index contributed by atoms with van der Waals surface area (Å²) < 4.78 is 0. The van der Waals surface area contributed by atoms with E-state index in [0.717, 1.165) is 37.6 Å². The number of anilines is 2. The van der Waals surface area contributed by atoms with Gasteiger partial charge >= 0.3 is 0 Å². The number of amides is 1. The SMILES string of the molecule is CC(C(=O)N(C)C)N1CCN(c2cccc(N)c2)CC1. The van der Waals surface area contributed by atoms with Crippen LogP contribution >= 0.6 is 0 Å². The van der Waals surface area contributed by atoms with Crippen molar-refractivity contribution in [1.82, 2.24) is 9.80 Å². The van der Waals surface area contributed by atoms with Gasteiger partial charge in [0, 0.05) is 51.6 Å². The van der Waals surface area contributed by atoms with Crippen LogP contribution in [0.5, 0.6) is 0 Å². The Bertz CT molecular complexity index is 467. The van der Waals surface area contributed by atoms with Gasteiger partial charge in [-0.1, -0.05) is 6.07 Å². The topological polar surface area (TPSA) is 52.8 Å². The fourth-order valence-electron chi connectivity index (χ4n) is 2.62. The number of nitrogen functional groups attached to an aromatic ring is 1. The van der Waals surface area contributed by atoms with Crippen LogP contribution in [0.2, 0.25) is 0 Å². The average Bonchev–Trinajstić information content (AvgIpc) is 2.46. The zero-order valence-corrected chi connectivity index (χ0v) is 12.5. The molecule has 1 unspecified atom stereocenters.